The van der Waals surface area contributed by atoms with E-state index in [0.717, 1.165) is 5.69 Å². The normalized spacial score (nSPS) is 9.45. The highest BCUT2D eigenvalue weighted by Gasteiger charge is 1.80. The Bertz CT molecular complexity index is 284. The van der Waals surface area contributed by atoms with Crippen LogP contribution in [0.3, 0.4) is 0 Å². The summed E-state index contributed by atoms with van der Waals surface area (Å²) in [6.45, 7) is 0. The molecule has 0 aliphatic carbocycles. The zero-order valence-corrected chi connectivity index (χ0v) is 5.90. The molecular formula is C9H7NO. The molecule has 0 aliphatic rings. The van der Waals surface area contributed by atoms with Gasteiger partial charge in [0.1, 0.15) is 5.94 Å². The van der Waals surface area contributed by atoms with Crippen LogP contribution in [0.1, 0.15) is 5.69 Å². The molecule has 0 saturated carbocycles. The number of hydrogen-bond acceptors (Lipinski definition) is 2. The third-order valence-corrected chi connectivity index (χ3v) is 1.12. The van der Waals surface area contributed by atoms with Gasteiger partial charge in [0.2, 0.25) is 0 Å². The number of carbonyl (C=O) groups excluding carboxylic acids is 1. The van der Waals surface area contributed by atoms with E-state index in [-0.39, 0.29) is 0 Å². The quantitative estimate of drug-likeness (QED) is 0.466. The smallest absolute Gasteiger partial charge is 0.124 e. The second-order valence-electron chi connectivity index (χ2n) is 1.90. The molecule has 1 aromatic heterocycles. The summed E-state index contributed by atoms with van der Waals surface area (Å²) in [6.07, 6.45) is 6.35. The van der Waals surface area contributed by atoms with Crippen molar-refractivity contribution in [2.45, 2.75) is 0 Å². The zero-order chi connectivity index (χ0) is 7.94. The van der Waals surface area contributed by atoms with Crippen molar-refractivity contribution in [2.75, 3.05) is 0 Å². The summed E-state index contributed by atoms with van der Waals surface area (Å²) in [5, 5.41) is 0. The largest absolute Gasteiger partial charge is 0.257 e. The van der Waals surface area contributed by atoms with Gasteiger partial charge in [-0.1, -0.05) is 6.07 Å². The first kappa shape index (κ1) is 7.45. The van der Waals surface area contributed by atoms with Crippen molar-refractivity contribution in [1.82, 2.24) is 4.98 Å². The van der Waals surface area contributed by atoms with Crippen molar-refractivity contribution in [3.05, 3.63) is 42.2 Å². The van der Waals surface area contributed by atoms with Gasteiger partial charge in [-0.25, -0.2) is 4.79 Å². The van der Waals surface area contributed by atoms with Crippen LogP contribution in [0.15, 0.2) is 36.5 Å². The maximum absolute atomic E-state index is 9.74. The molecule has 11 heavy (non-hydrogen) atoms. The van der Waals surface area contributed by atoms with Gasteiger partial charge in [0, 0.05) is 12.3 Å². The first-order valence-electron chi connectivity index (χ1n) is 3.22. The Labute approximate surface area is 64.9 Å². The van der Waals surface area contributed by atoms with Crippen LogP contribution in [-0.4, -0.2) is 10.9 Å². The molecule has 0 saturated heterocycles. The Kier molecular flexibility index (Phi) is 2.85. The Morgan fingerprint density at radius 3 is 3.00 bits per heavy atom. The first-order chi connectivity index (χ1) is 5.43. The maximum atomic E-state index is 9.74. The minimum atomic E-state index is 0.832. The van der Waals surface area contributed by atoms with Crippen LogP contribution in [0.2, 0.25) is 0 Å². The molecule has 0 radical (unpaired) electrons. The number of allylic oxidation sites excluding steroid dienone is 2. The van der Waals surface area contributed by atoms with Crippen LogP contribution in [0.4, 0.5) is 0 Å². The molecule has 0 fully saturated rings. The van der Waals surface area contributed by atoms with E-state index in [4.69, 9.17) is 0 Å². The Morgan fingerprint density at radius 2 is 2.36 bits per heavy atom. The van der Waals surface area contributed by atoms with Gasteiger partial charge in [-0.05, 0) is 24.3 Å². The average Bonchev–Trinajstić information content (AvgIpc) is 2.07. The summed E-state index contributed by atoms with van der Waals surface area (Å²) in [6, 6.07) is 5.58. The minimum absolute atomic E-state index is 0.832. The monoisotopic (exact) mass is 145 g/mol. The fraction of sp³-hybridized carbons (Fsp3) is 0. The lowest BCUT2D eigenvalue weighted by molar-refractivity contribution is 0.569. The maximum Gasteiger partial charge on any atom is 0.124 e. The first-order valence-corrected chi connectivity index (χ1v) is 3.22. The molecule has 1 heterocycles. The van der Waals surface area contributed by atoms with E-state index in [1.54, 1.807) is 24.3 Å². The van der Waals surface area contributed by atoms with Crippen molar-refractivity contribution in [2.24, 2.45) is 0 Å². The SMILES string of the molecule is O=C=C/C=C\c1ccccn1. The van der Waals surface area contributed by atoms with Crippen molar-refractivity contribution >= 4 is 12.0 Å². The number of pyridine rings is 1. The highest BCUT2D eigenvalue weighted by Crippen LogP contribution is 1.95. The van der Waals surface area contributed by atoms with Gasteiger partial charge < -0.3 is 0 Å². The van der Waals surface area contributed by atoms with E-state index in [1.165, 1.54) is 6.08 Å². The van der Waals surface area contributed by atoms with Crippen LogP contribution in [0.25, 0.3) is 6.08 Å². The van der Waals surface area contributed by atoms with Crippen LogP contribution in [0, 0.1) is 0 Å². The Morgan fingerprint density at radius 1 is 1.45 bits per heavy atom. The van der Waals surface area contributed by atoms with Crippen molar-refractivity contribution in [1.29, 1.82) is 0 Å². The molecule has 0 aromatic carbocycles. The predicted octanol–water partition coefficient (Wildman–Crippen LogP) is 1.48. The minimum Gasteiger partial charge on any atom is -0.257 e. The summed E-state index contributed by atoms with van der Waals surface area (Å²) in [7, 11) is 0. The van der Waals surface area contributed by atoms with Crippen molar-refractivity contribution in [3.63, 3.8) is 0 Å². The zero-order valence-electron chi connectivity index (χ0n) is 5.90. The molecule has 1 rings (SSSR count). The topological polar surface area (TPSA) is 30.0 Å². The summed E-state index contributed by atoms with van der Waals surface area (Å²) in [5.41, 5.74) is 0.832. The predicted molar refractivity (Wildman–Crippen MR) is 43.5 cm³/mol. The van der Waals surface area contributed by atoms with E-state index < -0.39 is 0 Å². The summed E-state index contributed by atoms with van der Waals surface area (Å²) in [4.78, 5) is 13.8. The van der Waals surface area contributed by atoms with E-state index in [1.807, 2.05) is 18.2 Å². The molecule has 2 nitrogen and oxygen atoms in total. The molecule has 2 heteroatoms. The lowest BCUT2D eigenvalue weighted by atomic mass is 10.3. The standard InChI is InChI=1S/C9H7NO/c11-8-4-2-6-9-5-1-3-7-10-9/h1-7H/b6-2-. The molecule has 0 spiro atoms. The average molecular weight is 145 g/mol. The number of nitrogens with zero attached hydrogens (tertiary/aromatic N) is 1. The van der Waals surface area contributed by atoms with E-state index in [0.29, 0.717) is 0 Å². The lowest BCUT2D eigenvalue weighted by Crippen LogP contribution is -1.74. The summed E-state index contributed by atoms with van der Waals surface area (Å²) in [5.74, 6) is 1.65. The van der Waals surface area contributed by atoms with Gasteiger partial charge in [0.15, 0.2) is 0 Å². The van der Waals surface area contributed by atoms with Crippen LogP contribution < -0.4 is 0 Å². The molecule has 0 unspecified atom stereocenters. The van der Waals surface area contributed by atoms with Gasteiger partial charge >= 0.3 is 0 Å². The molecule has 54 valence electrons. The molecule has 0 bridgehead atoms. The molecular weight excluding hydrogens is 138 g/mol. The van der Waals surface area contributed by atoms with E-state index in [9.17, 15) is 4.79 Å². The molecule has 0 aliphatic heterocycles. The molecule has 1 aromatic rings. The van der Waals surface area contributed by atoms with Crippen molar-refractivity contribution < 1.29 is 4.79 Å². The highest BCUT2D eigenvalue weighted by molar-refractivity contribution is 5.55. The van der Waals surface area contributed by atoms with E-state index in [2.05, 4.69) is 4.98 Å². The van der Waals surface area contributed by atoms with Crippen LogP contribution >= 0.6 is 0 Å². The van der Waals surface area contributed by atoms with Gasteiger partial charge in [-0.15, -0.1) is 0 Å². The highest BCUT2D eigenvalue weighted by atomic mass is 16.1. The third kappa shape index (κ3) is 2.61. The number of rotatable bonds is 2. The number of aromatic nitrogens is 1. The van der Waals surface area contributed by atoms with Crippen LogP contribution in [0.5, 0.6) is 0 Å². The second-order valence-corrected chi connectivity index (χ2v) is 1.90. The van der Waals surface area contributed by atoms with Gasteiger partial charge in [-0.3, -0.25) is 4.98 Å². The van der Waals surface area contributed by atoms with E-state index >= 15 is 0 Å². The molecule has 0 amide bonds. The van der Waals surface area contributed by atoms with Crippen molar-refractivity contribution in [3.8, 4) is 0 Å². The second kappa shape index (κ2) is 4.20. The van der Waals surface area contributed by atoms with Crippen LogP contribution in [-0.2, 0) is 4.79 Å². The number of hydrogen-bond donors (Lipinski definition) is 0. The Hall–Kier alpha value is -1.66. The fourth-order valence-corrected chi connectivity index (χ4v) is 0.661. The fourth-order valence-electron chi connectivity index (χ4n) is 0.661. The van der Waals surface area contributed by atoms with Gasteiger partial charge in [-0.2, -0.15) is 0 Å². The Balaban J connectivity index is 2.72. The van der Waals surface area contributed by atoms with Gasteiger partial charge in [0.25, 0.3) is 0 Å². The summed E-state index contributed by atoms with van der Waals surface area (Å²) >= 11 is 0. The molecule has 0 N–H and O–H groups in total. The third-order valence-electron chi connectivity index (χ3n) is 1.12. The molecule has 0 atom stereocenters. The summed E-state index contributed by atoms with van der Waals surface area (Å²) < 4.78 is 0. The lowest BCUT2D eigenvalue weighted by Gasteiger charge is -1.86. The van der Waals surface area contributed by atoms with Gasteiger partial charge in [0.05, 0.1) is 5.69 Å².